The zero-order valence-corrected chi connectivity index (χ0v) is 12.0. The van der Waals surface area contributed by atoms with Crippen molar-refractivity contribution in [1.82, 2.24) is 4.98 Å². The van der Waals surface area contributed by atoms with Crippen molar-refractivity contribution >= 4 is 34.0 Å². The summed E-state index contributed by atoms with van der Waals surface area (Å²) < 4.78 is 0. The van der Waals surface area contributed by atoms with Crippen LogP contribution in [0.5, 0.6) is 0 Å². The minimum absolute atomic E-state index is 0.167. The van der Waals surface area contributed by atoms with E-state index < -0.39 is 5.91 Å². The first-order valence-corrected chi connectivity index (χ1v) is 6.71. The van der Waals surface area contributed by atoms with Crippen LogP contribution < -0.4 is 10.2 Å². The molecule has 1 radical (unpaired) electrons. The maximum atomic E-state index is 12.5. The molecule has 0 fully saturated rings. The van der Waals surface area contributed by atoms with Crippen molar-refractivity contribution in [3.63, 3.8) is 0 Å². The number of thiazole rings is 1. The molecular formula is C14H14N3O2S. The van der Waals surface area contributed by atoms with Crippen LogP contribution in [0.25, 0.3) is 0 Å². The summed E-state index contributed by atoms with van der Waals surface area (Å²) in [4.78, 5) is 30.0. The van der Waals surface area contributed by atoms with Crippen molar-refractivity contribution in [3.8, 4) is 0 Å². The van der Waals surface area contributed by atoms with Crippen molar-refractivity contribution in [2.24, 2.45) is 0 Å². The number of benzene rings is 1. The Morgan fingerprint density at radius 2 is 1.90 bits per heavy atom. The maximum absolute atomic E-state index is 12.5. The fraction of sp³-hybridized carbons (Fsp3) is 0.143. The normalized spacial score (nSPS) is 10.2. The van der Waals surface area contributed by atoms with Crippen molar-refractivity contribution in [2.45, 2.75) is 0 Å². The third kappa shape index (κ3) is 3.03. The molecule has 0 aliphatic rings. The summed E-state index contributed by atoms with van der Waals surface area (Å²) in [6.07, 6.45) is 0. The number of ketones is 1. The number of amides is 1. The lowest BCUT2D eigenvalue weighted by molar-refractivity contribution is -0.112. The average Bonchev–Trinajstić information content (AvgIpc) is 2.82. The number of nitrogens with zero attached hydrogens (tertiary/aromatic N) is 2. The van der Waals surface area contributed by atoms with Crippen LogP contribution in [0.3, 0.4) is 0 Å². The van der Waals surface area contributed by atoms with Gasteiger partial charge in [-0.15, -0.1) is 0 Å². The summed E-state index contributed by atoms with van der Waals surface area (Å²) in [6.45, 7) is 3.25. The Morgan fingerprint density at radius 3 is 2.45 bits per heavy atom. The second-order valence-corrected chi connectivity index (χ2v) is 5.29. The van der Waals surface area contributed by atoms with Gasteiger partial charge in [-0.1, -0.05) is 41.7 Å². The van der Waals surface area contributed by atoms with E-state index >= 15 is 0 Å². The highest BCUT2D eigenvalue weighted by molar-refractivity contribution is 7.18. The second-order valence-electron chi connectivity index (χ2n) is 4.31. The minimum Gasteiger partial charge on any atom is -0.354 e. The summed E-state index contributed by atoms with van der Waals surface area (Å²) in [5.74, 6) is -0.407. The van der Waals surface area contributed by atoms with E-state index in [1.54, 1.807) is 29.2 Å². The molecule has 0 spiro atoms. The van der Waals surface area contributed by atoms with Crippen LogP contribution in [0.15, 0.2) is 30.3 Å². The predicted molar refractivity (Wildman–Crippen MR) is 80.3 cm³/mol. The van der Waals surface area contributed by atoms with Gasteiger partial charge in [0, 0.05) is 26.6 Å². The van der Waals surface area contributed by atoms with Crippen molar-refractivity contribution < 1.29 is 9.59 Å². The first-order chi connectivity index (χ1) is 9.49. The van der Waals surface area contributed by atoms with Gasteiger partial charge >= 0.3 is 0 Å². The fourth-order valence-corrected chi connectivity index (χ4v) is 2.50. The zero-order valence-electron chi connectivity index (χ0n) is 11.2. The molecule has 6 heteroatoms. The number of hydrogen-bond acceptors (Lipinski definition) is 5. The molecule has 1 aromatic heterocycles. The Bertz CT molecular complexity index is 635. The second kappa shape index (κ2) is 5.83. The highest BCUT2D eigenvalue weighted by atomic mass is 32.1. The summed E-state index contributed by atoms with van der Waals surface area (Å²) in [5, 5.41) is 3.15. The van der Waals surface area contributed by atoms with E-state index in [-0.39, 0.29) is 11.6 Å². The van der Waals surface area contributed by atoms with Crippen LogP contribution in [-0.4, -0.2) is 30.8 Å². The molecule has 0 atom stereocenters. The Morgan fingerprint density at radius 1 is 1.25 bits per heavy atom. The van der Waals surface area contributed by atoms with E-state index in [9.17, 15) is 9.59 Å². The van der Waals surface area contributed by atoms with Gasteiger partial charge < -0.3 is 10.2 Å². The summed E-state index contributed by atoms with van der Waals surface area (Å²) >= 11 is 1.24. The zero-order chi connectivity index (χ0) is 14.7. The molecule has 0 unspecified atom stereocenters. The average molecular weight is 288 g/mol. The smallest absolute Gasteiger partial charge is 0.226 e. The van der Waals surface area contributed by atoms with Crippen LogP contribution in [0, 0.1) is 6.92 Å². The number of carbonyl (C=O) groups is 2. The van der Waals surface area contributed by atoms with Crippen molar-refractivity contribution in [1.29, 1.82) is 0 Å². The molecule has 1 aromatic carbocycles. The van der Waals surface area contributed by atoms with Crippen molar-refractivity contribution in [3.05, 3.63) is 47.7 Å². The first-order valence-electron chi connectivity index (χ1n) is 5.90. The molecule has 5 nitrogen and oxygen atoms in total. The summed E-state index contributed by atoms with van der Waals surface area (Å²) in [7, 11) is 3.65. The van der Waals surface area contributed by atoms with Crippen LogP contribution in [-0.2, 0) is 4.79 Å². The Labute approximate surface area is 121 Å². The highest BCUT2D eigenvalue weighted by Crippen LogP contribution is 2.30. The number of carbonyl (C=O) groups excluding carboxylic acids is 2. The van der Waals surface area contributed by atoms with Gasteiger partial charge in [0.25, 0.3) is 0 Å². The quantitative estimate of drug-likeness (QED) is 0.876. The molecule has 20 heavy (non-hydrogen) atoms. The number of rotatable bonds is 4. The molecule has 103 valence electrons. The monoisotopic (exact) mass is 288 g/mol. The van der Waals surface area contributed by atoms with E-state index in [0.717, 1.165) is 0 Å². The highest BCUT2D eigenvalue weighted by Gasteiger charge is 2.21. The fourth-order valence-electron chi connectivity index (χ4n) is 1.59. The number of anilines is 2. The van der Waals surface area contributed by atoms with Crippen LogP contribution in [0.1, 0.15) is 15.2 Å². The van der Waals surface area contributed by atoms with Gasteiger partial charge in [-0.2, -0.15) is 0 Å². The van der Waals surface area contributed by atoms with Crippen LogP contribution in [0.4, 0.5) is 10.9 Å². The predicted octanol–water partition coefficient (Wildman–Crippen LogP) is 2.21. The molecule has 0 aliphatic heterocycles. The largest absolute Gasteiger partial charge is 0.354 e. The third-order valence-electron chi connectivity index (χ3n) is 2.50. The maximum Gasteiger partial charge on any atom is 0.226 e. The minimum atomic E-state index is -0.497. The number of aromatic nitrogens is 1. The Hall–Kier alpha value is -2.21. The Balaban J connectivity index is 2.43. The molecule has 2 rings (SSSR count). The van der Waals surface area contributed by atoms with Gasteiger partial charge in [-0.3, -0.25) is 9.59 Å². The van der Waals surface area contributed by atoms with Gasteiger partial charge in [-0.05, 0) is 0 Å². The van der Waals surface area contributed by atoms with Crippen LogP contribution in [0.2, 0.25) is 0 Å². The van der Waals surface area contributed by atoms with E-state index in [2.05, 4.69) is 17.2 Å². The molecule has 1 amide bonds. The molecule has 1 heterocycles. The molecular weight excluding hydrogens is 274 g/mol. The van der Waals surface area contributed by atoms with Crippen molar-refractivity contribution in [2.75, 3.05) is 24.3 Å². The van der Waals surface area contributed by atoms with Gasteiger partial charge in [0.2, 0.25) is 11.7 Å². The molecule has 0 bridgehead atoms. The molecule has 0 saturated heterocycles. The van der Waals surface area contributed by atoms with Gasteiger partial charge in [0.1, 0.15) is 4.88 Å². The SMILES string of the molecule is [CH2]C(=O)Nc1nc(N(C)C)sc1C(=O)c1ccccc1. The van der Waals surface area contributed by atoms with Crippen LogP contribution >= 0.6 is 11.3 Å². The molecule has 1 N–H and O–H groups in total. The summed E-state index contributed by atoms with van der Waals surface area (Å²) in [6, 6.07) is 8.88. The lowest BCUT2D eigenvalue weighted by Gasteiger charge is -2.05. The summed E-state index contributed by atoms with van der Waals surface area (Å²) in [5.41, 5.74) is 0.556. The first kappa shape index (κ1) is 14.2. The topological polar surface area (TPSA) is 62.3 Å². The van der Waals surface area contributed by atoms with E-state index in [0.29, 0.717) is 15.6 Å². The molecule has 2 aromatic rings. The third-order valence-corrected chi connectivity index (χ3v) is 3.72. The molecule has 0 saturated carbocycles. The van der Waals surface area contributed by atoms with E-state index in [1.807, 2.05) is 20.2 Å². The lowest BCUT2D eigenvalue weighted by Crippen LogP contribution is -2.11. The molecule has 0 aliphatic carbocycles. The Kier molecular flexibility index (Phi) is 4.14. The van der Waals surface area contributed by atoms with Gasteiger partial charge in [-0.25, -0.2) is 4.98 Å². The van der Waals surface area contributed by atoms with Gasteiger partial charge in [0.05, 0.1) is 0 Å². The van der Waals surface area contributed by atoms with E-state index in [4.69, 9.17) is 0 Å². The van der Waals surface area contributed by atoms with Gasteiger partial charge in [0.15, 0.2) is 10.9 Å². The van der Waals surface area contributed by atoms with E-state index in [1.165, 1.54) is 11.3 Å². The number of hydrogen-bond donors (Lipinski definition) is 1. The standard InChI is InChI=1S/C14H14N3O2S/c1-9(18)15-13-12(20-14(16-13)17(2)3)11(19)10-7-5-4-6-8-10/h4-8H,1H2,2-3H3,(H,15,18). The number of nitrogens with one attached hydrogen (secondary N) is 1. The lowest BCUT2D eigenvalue weighted by atomic mass is 10.1.